The lowest BCUT2D eigenvalue weighted by atomic mass is 9.75. The van der Waals surface area contributed by atoms with Gasteiger partial charge in [0.2, 0.25) is 0 Å². The van der Waals surface area contributed by atoms with Gasteiger partial charge in [-0.25, -0.2) is 4.79 Å². The highest BCUT2D eigenvalue weighted by molar-refractivity contribution is 7.99. The molecule has 31 heavy (non-hydrogen) atoms. The molecule has 2 heterocycles. The number of furan rings is 1. The minimum absolute atomic E-state index is 0.0466. The van der Waals surface area contributed by atoms with E-state index in [4.69, 9.17) is 9.15 Å². The number of ether oxygens (including phenoxy) is 1. The molecule has 3 atom stereocenters. The van der Waals surface area contributed by atoms with E-state index in [1.165, 1.54) is 18.0 Å². The van der Waals surface area contributed by atoms with Crippen molar-refractivity contribution in [2.75, 3.05) is 6.26 Å². The van der Waals surface area contributed by atoms with Gasteiger partial charge in [0, 0.05) is 11.1 Å². The third-order valence-corrected chi connectivity index (χ3v) is 6.80. The number of aliphatic hydroxyl groups is 1. The summed E-state index contributed by atoms with van der Waals surface area (Å²) in [7, 11) is 0. The fourth-order valence-corrected chi connectivity index (χ4v) is 5.44. The first-order chi connectivity index (χ1) is 15.0. The van der Waals surface area contributed by atoms with Gasteiger partial charge in [-0.2, -0.15) is 0 Å². The lowest BCUT2D eigenvalue weighted by molar-refractivity contribution is 0.0447. The molecular formula is C25H27NO4S. The second-order valence-electron chi connectivity index (χ2n) is 8.02. The minimum Gasteiger partial charge on any atom is -0.466 e. The smallest absolute Gasteiger partial charge is 0.412 e. The number of hydrogen-bond acceptors (Lipinski definition) is 5. The topological polar surface area (TPSA) is 62.9 Å². The first kappa shape index (κ1) is 21.5. The van der Waals surface area contributed by atoms with Crippen LogP contribution in [0.3, 0.4) is 0 Å². The first-order valence-electron chi connectivity index (χ1n) is 10.4. The van der Waals surface area contributed by atoms with Crippen molar-refractivity contribution in [1.82, 2.24) is 4.90 Å². The quantitative estimate of drug-likeness (QED) is 0.535. The van der Waals surface area contributed by atoms with Crippen LogP contribution >= 0.6 is 11.8 Å². The Labute approximate surface area is 187 Å². The second kappa shape index (κ2) is 8.81. The maximum absolute atomic E-state index is 13.5. The van der Waals surface area contributed by atoms with Gasteiger partial charge >= 0.3 is 6.09 Å². The fourth-order valence-electron chi connectivity index (χ4n) is 4.61. The zero-order valence-corrected chi connectivity index (χ0v) is 18.7. The summed E-state index contributed by atoms with van der Waals surface area (Å²) in [4.78, 5) is 15.2. The van der Waals surface area contributed by atoms with Gasteiger partial charge in [-0.1, -0.05) is 74.5 Å². The Bertz CT molecular complexity index is 951. The third kappa shape index (κ3) is 3.64. The molecule has 162 valence electrons. The molecule has 1 saturated heterocycles. The van der Waals surface area contributed by atoms with Gasteiger partial charge in [-0.3, -0.25) is 4.90 Å². The third-order valence-electron chi connectivity index (χ3n) is 5.83. The highest BCUT2D eigenvalue weighted by atomic mass is 32.2. The van der Waals surface area contributed by atoms with Crippen LogP contribution < -0.4 is 0 Å². The van der Waals surface area contributed by atoms with Crippen LogP contribution in [-0.2, 0) is 10.3 Å². The summed E-state index contributed by atoms with van der Waals surface area (Å²) in [6.45, 7) is 4.16. The van der Waals surface area contributed by atoms with Crippen molar-refractivity contribution in [2.24, 2.45) is 5.92 Å². The van der Waals surface area contributed by atoms with Crippen LogP contribution in [0.1, 0.15) is 36.8 Å². The predicted octanol–water partition coefficient (Wildman–Crippen LogP) is 5.42. The molecule has 2 aromatic carbocycles. The van der Waals surface area contributed by atoms with Gasteiger partial charge in [0.1, 0.15) is 17.2 Å². The largest absolute Gasteiger partial charge is 0.466 e. The van der Waals surface area contributed by atoms with E-state index in [1.54, 1.807) is 17.0 Å². The van der Waals surface area contributed by atoms with E-state index in [2.05, 4.69) is 13.8 Å². The number of hydrogen-bond donors (Lipinski definition) is 1. The van der Waals surface area contributed by atoms with Gasteiger partial charge < -0.3 is 14.3 Å². The number of amides is 1. The van der Waals surface area contributed by atoms with Crippen LogP contribution in [0.15, 0.2) is 83.5 Å². The summed E-state index contributed by atoms with van der Waals surface area (Å²) >= 11 is 1.40. The Morgan fingerprint density at radius 2 is 1.55 bits per heavy atom. The number of carbonyl (C=O) groups is 1. The van der Waals surface area contributed by atoms with Crippen LogP contribution in [-0.4, -0.2) is 33.8 Å². The van der Waals surface area contributed by atoms with Gasteiger partial charge in [-0.05, 0) is 24.3 Å². The monoisotopic (exact) mass is 437 g/mol. The van der Waals surface area contributed by atoms with Gasteiger partial charge in [0.05, 0.1) is 12.3 Å². The molecule has 0 bridgehead atoms. The Kier molecular flexibility index (Phi) is 6.12. The van der Waals surface area contributed by atoms with Crippen molar-refractivity contribution in [3.05, 3.63) is 95.9 Å². The highest BCUT2D eigenvalue weighted by Gasteiger charge is 2.59. The molecule has 0 saturated carbocycles. The fraction of sp³-hybridized carbons (Fsp3) is 0.320. The van der Waals surface area contributed by atoms with Crippen molar-refractivity contribution in [1.29, 1.82) is 0 Å². The van der Waals surface area contributed by atoms with Crippen molar-refractivity contribution >= 4 is 17.9 Å². The van der Waals surface area contributed by atoms with Crippen molar-refractivity contribution in [3.63, 3.8) is 0 Å². The van der Waals surface area contributed by atoms with Crippen molar-refractivity contribution < 1.29 is 19.1 Å². The van der Waals surface area contributed by atoms with Crippen LogP contribution in [0.2, 0.25) is 0 Å². The van der Waals surface area contributed by atoms with Gasteiger partial charge in [0.15, 0.2) is 5.60 Å². The van der Waals surface area contributed by atoms with Crippen LogP contribution in [0.25, 0.3) is 0 Å². The zero-order chi connectivity index (χ0) is 22.0. The van der Waals surface area contributed by atoms with Crippen LogP contribution in [0.4, 0.5) is 4.79 Å². The molecule has 0 spiro atoms. The number of thioether (sulfide) groups is 1. The van der Waals surface area contributed by atoms with E-state index < -0.39 is 23.2 Å². The van der Waals surface area contributed by atoms with Crippen molar-refractivity contribution in [2.45, 2.75) is 37.0 Å². The molecule has 1 aliphatic rings. The van der Waals surface area contributed by atoms with E-state index in [-0.39, 0.29) is 12.0 Å². The molecular weight excluding hydrogens is 410 g/mol. The number of carbonyl (C=O) groups excluding carboxylic acids is 1. The highest BCUT2D eigenvalue weighted by Crippen LogP contribution is 2.50. The molecule has 5 nitrogen and oxygen atoms in total. The Balaban J connectivity index is 1.88. The van der Waals surface area contributed by atoms with Crippen molar-refractivity contribution in [3.8, 4) is 0 Å². The lowest BCUT2D eigenvalue weighted by Crippen LogP contribution is -2.51. The summed E-state index contributed by atoms with van der Waals surface area (Å²) in [5, 5.41) is 10.5. The summed E-state index contributed by atoms with van der Waals surface area (Å²) in [6.07, 6.45) is 1.97. The number of benzene rings is 2. The standard InChI is InChI=1S/C25H27NO4S/c1-17(2)22-25(18-11-6-4-7-12-18,19-13-8-5-9-14-19)30-24(28)26(22)23(31-3)21(27)20-15-10-16-29-20/h4-17,21-23,27H,1-3H3/t21-,22+,23+/m1/s1. The molecule has 0 radical (unpaired) electrons. The molecule has 0 unspecified atom stereocenters. The van der Waals surface area contributed by atoms with E-state index in [0.29, 0.717) is 5.76 Å². The first-order valence-corrected chi connectivity index (χ1v) is 11.7. The summed E-state index contributed by atoms with van der Waals surface area (Å²) < 4.78 is 11.7. The number of aliphatic hydroxyl groups excluding tert-OH is 1. The van der Waals surface area contributed by atoms with Crippen LogP contribution in [0.5, 0.6) is 0 Å². The summed E-state index contributed by atoms with van der Waals surface area (Å²) in [6, 6.07) is 22.8. The van der Waals surface area contributed by atoms with E-state index in [9.17, 15) is 9.90 Å². The maximum atomic E-state index is 13.5. The zero-order valence-electron chi connectivity index (χ0n) is 17.8. The molecule has 1 aromatic heterocycles. The molecule has 4 rings (SSSR count). The summed E-state index contributed by atoms with van der Waals surface area (Å²) in [5.74, 6) is 0.469. The number of rotatable bonds is 7. The second-order valence-corrected chi connectivity index (χ2v) is 8.97. The molecule has 6 heteroatoms. The average Bonchev–Trinajstić information content (AvgIpc) is 3.43. The predicted molar refractivity (Wildman–Crippen MR) is 122 cm³/mol. The molecule has 0 aliphatic carbocycles. The van der Waals surface area contributed by atoms with E-state index in [1.807, 2.05) is 66.9 Å². The number of nitrogens with zero attached hydrogens (tertiary/aromatic N) is 1. The SMILES string of the molecule is CS[C@@H]([C@H](O)c1ccco1)N1C(=O)OC(c2ccccc2)(c2ccccc2)[C@@H]1C(C)C. The van der Waals surface area contributed by atoms with Gasteiger partial charge in [-0.15, -0.1) is 11.8 Å². The Morgan fingerprint density at radius 3 is 2.00 bits per heavy atom. The van der Waals surface area contributed by atoms with Gasteiger partial charge in [0.25, 0.3) is 0 Å². The molecule has 1 fully saturated rings. The Hall–Kier alpha value is -2.70. The summed E-state index contributed by atoms with van der Waals surface area (Å²) in [5.41, 5.74) is 0.816. The Morgan fingerprint density at radius 1 is 0.968 bits per heavy atom. The molecule has 1 aliphatic heterocycles. The molecule has 1 amide bonds. The maximum Gasteiger partial charge on any atom is 0.412 e. The normalized spacial score (nSPS) is 20.0. The minimum atomic E-state index is -0.995. The lowest BCUT2D eigenvalue weighted by Gasteiger charge is -2.40. The molecule has 3 aromatic rings. The number of cyclic esters (lactones) is 1. The average molecular weight is 438 g/mol. The van der Waals surface area contributed by atoms with Crippen LogP contribution in [0, 0.1) is 5.92 Å². The molecule has 1 N–H and O–H groups in total. The van der Waals surface area contributed by atoms with E-state index >= 15 is 0 Å². The van der Waals surface area contributed by atoms with E-state index in [0.717, 1.165) is 11.1 Å².